The highest BCUT2D eigenvalue weighted by atomic mass is 35.5. The zero-order valence-corrected chi connectivity index (χ0v) is 18.0. The number of aliphatic hydroxyl groups is 1. The first-order valence-electron chi connectivity index (χ1n) is 9.52. The molecule has 1 heterocycles. The minimum Gasteiger partial charge on any atom is -0.359 e. The second kappa shape index (κ2) is 8.23. The summed E-state index contributed by atoms with van der Waals surface area (Å²) in [5.41, 5.74) is 0.448. The third-order valence-electron chi connectivity index (χ3n) is 5.12. The topological polar surface area (TPSA) is 81.7 Å². The second-order valence-electron chi connectivity index (χ2n) is 7.25. The van der Waals surface area contributed by atoms with E-state index in [2.05, 4.69) is 10.6 Å². The number of rotatable bonds is 4. The number of urea groups is 1. The van der Waals surface area contributed by atoms with Crippen molar-refractivity contribution in [3.8, 4) is 0 Å². The van der Waals surface area contributed by atoms with E-state index in [9.17, 15) is 14.7 Å². The number of fused-ring (bicyclic) bond motifs is 1. The Morgan fingerprint density at radius 1 is 1.06 bits per heavy atom. The molecule has 4 rings (SSSR count). The molecule has 1 aliphatic rings. The molecule has 0 saturated heterocycles. The van der Waals surface area contributed by atoms with Crippen molar-refractivity contribution in [2.45, 2.75) is 19.2 Å². The Kier molecular flexibility index (Phi) is 5.62. The zero-order chi connectivity index (χ0) is 22.2. The lowest BCUT2D eigenvalue weighted by atomic mass is 9.94. The van der Waals surface area contributed by atoms with Crippen molar-refractivity contribution in [1.82, 2.24) is 5.32 Å². The van der Waals surface area contributed by atoms with Crippen LogP contribution in [0.4, 0.5) is 16.2 Å². The normalized spacial score (nSPS) is 17.7. The van der Waals surface area contributed by atoms with Crippen LogP contribution in [-0.2, 0) is 17.1 Å². The van der Waals surface area contributed by atoms with Crippen molar-refractivity contribution in [3.05, 3.63) is 93.5 Å². The smallest absolute Gasteiger partial charge is 0.329 e. The predicted octanol–water partition coefficient (Wildman–Crippen LogP) is 4.82. The molecule has 1 unspecified atom stereocenters. The van der Waals surface area contributed by atoms with Crippen LogP contribution in [-0.4, -0.2) is 17.0 Å². The monoisotopic (exact) mass is 455 g/mol. The number of benzene rings is 3. The van der Waals surface area contributed by atoms with Gasteiger partial charge in [-0.15, -0.1) is 0 Å². The third-order valence-corrected chi connectivity index (χ3v) is 5.86. The summed E-state index contributed by atoms with van der Waals surface area (Å²) in [7, 11) is 0. The lowest BCUT2D eigenvalue weighted by molar-refractivity contribution is -0.140. The first kappa shape index (κ1) is 21.2. The Balaban J connectivity index is 1.76. The standard InChI is InChI=1S/C23H19Cl2N3O3/c1-14-6-8-15(9-7-14)13-26-21(29)23(31)17-4-2-3-5-20(17)27-22(30)28(23)16-10-11-18(24)19(25)12-16/h2-12,31H,13H2,1H3,(H,26,29)(H,27,30). The first-order valence-corrected chi connectivity index (χ1v) is 10.3. The fourth-order valence-electron chi connectivity index (χ4n) is 3.50. The lowest BCUT2D eigenvalue weighted by Crippen LogP contribution is -2.62. The number of carbonyl (C=O) groups excluding carboxylic acids is 2. The zero-order valence-electron chi connectivity index (χ0n) is 16.5. The van der Waals surface area contributed by atoms with Gasteiger partial charge in [-0.25, -0.2) is 4.79 Å². The number of amides is 3. The van der Waals surface area contributed by atoms with Gasteiger partial charge in [0.05, 0.1) is 21.4 Å². The van der Waals surface area contributed by atoms with E-state index >= 15 is 0 Å². The summed E-state index contributed by atoms with van der Waals surface area (Å²) in [6, 6.07) is 18.0. The SMILES string of the molecule is Cc1ccc(CNC(=O)C2(O)c3ccccc3NC(=O)N2c2ccc(Cl)c(Cl)c2)cc1. The van der Waals surface area contributed by atoms with Crippen molar-refractivity contribution in [3.63, 3.8) is 0 Å². The maximum Gasteiger partial charge on any atom is 0.329 e. The van der Waals surface area contributed by atoms with Gasteiger partial charge >= 0.3 is 6.03 Å². The Labute approximate surface area is 189 Å². The number of para-hydroxylation sites is 1. The number of carbonyl (C=O) groups is 2. The summed E-state index contributed by atoms with van der Waals surface area (Å²) in [5.74, 6) is -0.749. The highest BCUT2D eigenvalue weighted by Gasteiger charge is 2.51. The molecule has 3 aromatic rings. The molecule has 0 spiro atoms. The summed E-state index contributed by atoms with van der Waals surface area (Å²) in [4.78, 5) is 27.3. The second-order valence-corrected chi connectivity index (χ2v) is 8.06. The van der Waals surface area contributed by atoms with E-state index in [1.165, 1.54) is 18.2 Å². The van der Waals surface area contributed by atoms with Crippen LogP contribution in [0.3, 0.4) is 0 Å². The van der Waals surface area contributed by atoms with Gasteiger partial charge in [-0.2, -0.15) is 0 Å². The Hall–Kier alpha value is -3.06. The van der Waals surface area contributed by atoms with Gasteiger partial charge in [0, 0.05) is 12.1 Å². The highest BCUT2D eigenvalue weighted by Crippen LogP contribution is 2.41. The molecule has 0 fully saturated rings. The van der Waals surface area contributed by atoms with E-state index in [0.717, 1.165) is 16.0 Å². The Bertz CT molecular complexity index is 1170. The van der Waals surface area contributed by atoms with E-state index in [4.69, 9.17) is 23.2 Å². The molecule has 158 valence electrons. The summed E-state index contributed by atoms with van der Waals surface area (Å²) in [6.07, 6.45) is 0. The van der Waals surface area contributed by atoms with Crippen LogP contribution in [0.5, 0.6) is 0 Å². The largest absolute Gasteiger partial charge is 0.359 e. The fourth-order valence-corrected chi connectivity index (χ4v) is 3.79. The molecule has 31 heavy (non-hydrogen) atoms. The van der Waals surface area contributed by atoms with Gasteiger partial charge in [0.25, 0.3) is 11.6 Å². The molecule has 0 aliphatic carbocycles. The molecule has 6 nitrogen and oxygen atoms in total. The van der Waals surface area contributed by atoms with Gasteiger partial charge in [0.1, 0.15) is 0 Å². The molecule has 3 amide bonds. The average Bonchev–Trinajstić information content (AvgIpc) is 2.75. The quantitative estimate of drug-likeness (QED) is 0.527. The van der Waals surface area contributed by atoms with Crippen molar-refractivity contribution in [2.24, 2.45) is 0 Å². The molecule has 8 heteroatoms. The molecule has 1 aliphatic heterocycles. The number of hydrogen-bond donors (Lipinski definition) is 3. The lowest BCUT2D eigenvalue weighted by Gasteiger charge is -2.42. The number of anilines is 2. The third kappa shape index (κ3) is 3.85. The molecule has 0 saturated carbocycles. The van der Waals surface area contributed by atoms with Gasteiger partial charge in [0.15, 0.2) is 0 Å². The summed E-state index contributed by atoms with van der Waals surface area (Å²) in [6.45, 7) is 2.15. The van der Waals surface area contributed by atoms with Crippen LogP contribution in [0.25, 0.3) is 0 Å². The van der Waals surface area contributed by atoms with E-state index in [1.54, 1.807) is 24.3 Å². The minimum absolute atomic E-state index is 0.181. The minimum atomic E-state index is -2.30. The number of aryl methyl sites for hydroxylation is 1. The van der Waals surface area contributed by atoms with Gasteiger partial charge in [-0.05, 0) is 36.8 Å². The van der Waals surface area contributed by atoms with E-state index < -0.39 is 17.7 Å². The van der Waals surface area contributed by atoms with Gasteiger partial charge < -0.3 is 15.7 Å². The van der Waals surface area contributed by atoms with Crippen molar-refractivity contribution < 1.29 is 14.7 Å². The molecular weight excluding hydrogens is 437 g/mol. The maximum atomic E-state index is 13.4. The number of halogens is 2. The van der Waals surface area contributed by atoms with Crippen molar-refractivity contribution in [2.75, 3.05) is 10.2 Å². The van der Waals surface area contributed by atoms with Crippen molar-refractivity contribution in [1.29, 1.82) is 0 Å². The molecular formula is C23H19Cl2N3O3. The Morgan fingerprint density at radius 2 is 1.77 bits per heavy atom. The predicted molar refractivity (Wildman–Crippen MR) is 121 cm³/mol. The number of nitrogens with one attached hydrogen (secondary N) is 2. The van der Waals surface area contributed by atoms with Gasteiger partial charge in [0.2, 0.25) is 0 Å². The van der Waals surface area contributed by atoms with Crippen LogP contribution in [0.2, 0.25) is 10.0 Å². The van der Waals surface area contributed by atoms with Gasteiger partial charge in [-0.3, -0.25) is 9.69 Å². The molecule has 3 N–H and O–H groups in total. The fraction of sp³-hybridized carbons (Fsp3) is 0.130. The summed E-state index contributed by atoms with van der Waals surface area (Å²) < 4.78 is 0. The van der Waals surface area contributed by atoms with Crippen LogP contribution in [0, 0.1) is 6.92 Å². The average molecular weight is 456 g/mol. The number of hydrogen-bond acceptors (Lipinski definition) is 3. The van der Waals surface area contributed by atoms with Gasteiger partial charge in [-0.1, -0.05) is 71.2 Å². The molecule has 0 radical (unpaired) electrons. The van der Waals surface area contributed by atoms with E-state index in [1.807, 2.05) is 31.2 Å². The van der Waals surface area contributed by atoms with Crippen molar-refractivity contribution >= 4 is 46.5 Å². The van der Waals surface area contributed by atoms with Crippen LogP contribution < -0.4 is 15.5 Å². The molecule has 3 aromatic carbocycles. The molecule has 0 bridgehead atoms. The summed E-state index contributed by atoms with van der Waals surface area (Å²) in [5, 5.41) is 17.7. The molecule has 0 aromatic heterocycles. The van der Waals surface area contributed by atoms with Crippen LogP contribution in [0.1, 0.15) is 16.7 Å². The Morgan fingerprint density at radius 3 is 2.48 bits per heavy atom. The maximum absolute atomic E-state index is 13.4. The van der Waals surface area contributed by atoms with E-state index in [0.29, 0.717) is 5.69 Å². The van der Waals surface area contributed by atoms with Crippen LogP contribution in [0.15, 0.2) is 66.7 Å². The van der Waals surface area contributed by atoms with Crippen LogP contribution >= 0.6 is 23.2 Å². The number of nitrogens with zero attached hydrogens (tertiary/aromatic N) is 1. The highest BCUT2D eigenvalue weighted by molar-refractivity contribution is 6.42. The first-order chi connectivity index (χ1) is 14.8. The molecule has 1 atom stereocenters. The summed E-state index contributed by atoms with van der Waals surface area (Å²) >= 11 is 12.1. The van der Waals surface area contributed by atoms with E-state index in [-0.39, 0.29) is 27.8 Å².